The first-order chi connectivity index (χ1) is 9.97. The highest BCUT2D eigenvalue weighted by molar-refractivity contribution is 4.93. The van der Waals surface area contributed by atoms with Crippen LogP contribution in [0.2, 0.25) is 0 Å². The van der Waals surface area contributed by atoms with E-state index in [1.165, 1.54) is 45.3 Å². The summed E-state index contributed by atoms with van der Waals surface area (Å²) in [5, 5.41) is 10.5. The second-order valence-electron chi connectivity index (χ2n) is 7.86. The van der Waals surface area contributed by atoms with Crippen LogP contribution in [-0.2, 0) is 0 Å². The summed E-state index contributed by atoms with van der Waals surface area (Å²) >= 11 is 0. The molecule has 0 aromatic heterocycles. The number of rotatable bonds is 5. The Morgan fingerprint density at radius 1 is 1.05 bits per heavy atom. The van der Waals surface area contributed by atoms with Crippen LogP contribution in [0.15, 0.2) is 0 Å². The van der Waals surface area contributed by atoms with Gasteiger partial charge in [-0.05, 0) is 43.6 Å². The van der Waals surface area contributed by atoms with Crippen molar-refractivity contribution >= 4 is 0 Å². The number of hydrogen-bond acceptors (Lipinski definition) is 3. The van der Waals surface area contributed by atoms with Gasteiger partial charge < -0.3 is 10.0 Å². The van der Waals surface area contributed by atoms with Crippen LogP contribution in [0.1, 0.15) is 59.8 Å². The van der Waals surface area contributed by atoms with Gasteiger partial charge in [0, 0.05) is 32.2 Å². The molecule has 124 valence electrons. The molecular formula is C18H36N2O. The number of hydrogen-bond donors (Lipinski definition) is 1. The van der Waals surface area contributed by atoms with Gasteiger partial charge in [-0.25, -0.2) is 0 Å². The molecule has 2 fully saturated rings. The smallest absolute Gasteiger partial charge is 0.0695 e. The van der Waals surface area contributed by atoms with Gasteiger partial charge in [0.05, 0.1) is 6.10 Å². The van der Waals surface area contributed by atoms with Crippen LogP contribution in [0.25, 0.3) is 0 Å². The second-order valence-corrected chi connectivity index (χ2v) is 7.86. The van der Waals surface area contributed by atoms with Gasteiger partial charge in [-0.2, -0.15) is 0 Å². The molecule has 1 saturated heterocycles. The van der Waals surface area contributed by atoms with Gasteiger partial charge in [-0.1, -0.05) is 34.1 Å². The fourth-order valence-corrected chi connectivity index (χ4v) is 4.16. The first kappa shape index (κ1) is 17.2. The summed E-state index contributed by atoms with van der Waals surface area (Å²) in [5.74, 6) is 0.768. The van der Waals surface area contributed by atoms with Gasteiger partial charge in [0.25, 0.3) is 0 Å². The van der Waals surface area contributed by atoms with Crippen LogP contribution in [-0.4, -0.2) is 59.8 Å². The lowest BCUT2D eigenvalue weighted by Gasteiger charge is -2.47. The number of piperazine rings is 1. The molecule has 1 aliphatic carbocycles. The highest BCUT2D eigenvalue weighted by atomic mass is 16.3. The van der Waals surface area contributed by atoms with Crippen molar-refractivity contribution < 1.29 is 5.11 Å². The van der Waals surface area contributed by atoms with E-state index in [9.17, 15) is 5.11 Å². The zero-order chi connectivity index (χ0) is 15.5. The zero-order valence-corrected chi connectivity index (χ0v) is 14.6. The molecule has 2 rings (SSSR count). The van der Waals surface area contributed by atoms with Crippen LogP contribution in [0, 0.1) is 11.3 Å². The molecule has 3 unspecified atom stereocenters. The predicted molar refractivity (Wildman–Crippen MR) is 89.5 cm³/mol. The maximum Gasteiger partial charge on any atom is 0.0695 e. The summed E-state index contributed by atoms with van der Waals surface area (Å²) in [5.41, 5.74) is 0.419. The lowest BCUT2D eigenvalue weighted by atomic mass is 9.67. The topological polar surface area (TPSA) is 26.7 Å². The SMILES string of the molecule is CCCN1CCN(C2CC(C(C)(C)CC)CCC2O)CC1. The number of aliphatic hydroxyl groups excluding tert-OH is 1. The minimum Gasteiger partial charge on any atom is -0.391 e. The maximum absolute atomic E-state index is 10.5. The number of nitrogens with zero attached hydrogens (tertiary/aromatic N) is 2. The van der Waals surface area contributed by atoms with E-state index in [-0.39, 0.29) is 6.10 Å². The molecule has 0 aromatic carbocycles. The number of aliphatic hydroxyl groups is 1. The highest BCUT2D eigenvalue weighted by Gasteiger charge is 2.39. The summed E-state index contributed by atoms with van der Waals surface area (Å²) in [4.78, 5) is 5.15. The van der Waals surface area contributed by atoms with E-state index in [1.54, 1.807) is 0 Å². The molecule has 0 bridgehead atoms. The summed E-state index contributed by atoms with van der Waals surface area (Å²) < 4.78 is 0. The Hall–Kier alpha value is -0.120. The highest BCUT2D eigenvalue weighted by Crippen LogP contribution is 2.41. The van der Waals surface area contributed by atoms with Crippen LogP contribution < -0.4 is 0 Å². The van der Waals surface area contributed by atoms with Gasteiger partial charge >= 0.3 is 0 Å². The maximum atomic E-state index is 10.5. The van der Waals surface area contributed by atoms with Crippen LogP contribution >= 0.6 is 0 Å². The normalized spacial score (nSPS) is 33.3. The van der Waals surface area contributed by atoms with E-state index in [0.29, 0.717) is 11.5 Å². The average molecular weight is 296 g/mol. The molecule has 1 saturated carbocycles. The standard InChI is InChI=1S/C18H36N2O/c1-5-9-19-10-12-20(13-11-19)16-14-15(7-8-17(16)21)18(3,4)6-2/h15-17,21H,5-14H2,1-4H3. The van der Waals surface area contributed by atoms with Gasteiger partial charge in [-0.3, -0.25) is 4.90 Å². The average Bonchev–Trinajstić information content (AvgIpc) is 2.49. The van der Waals surface area contributed by atoms with E-state index < -0.39 is 0 Å². The fraction of sp³-hybridized carbons (Fsp3) is 1.00. The second kappa shape index (κ2) is 7.43. The minimum atomic E-state index is -0.105. The van der Waals surface area contributed by atoms with Crippen LogP contribution in [0.4, 0.5) is 0 Å². The molecule has 1 N–H and O–H groups in total. The van der Waals surface area contributed by atoms with Crippen LogP contribution in [0.5, 0.6) is 0 Å². The zero-order valence-electron chi connectivity index (χ0n) is 14.6. The predicted octanol–water partition coefficient (Wildman–Crippen LogP) is 2.98. The van der Waals surface area contributed by atoms with E-state index in [2.05, 4.69) is 37.5 Å². The Balaban J connectivity index is 1.92. The van der Waals surface area contributed by atoms with Crippen molar-refractivity contribution in [2.75, 3.05) is 32.7 Å². The van der Waals surface area contributed by atoms with Crippen molar-refractivity contribution in [1.82, 2.24) is 9.80 Å². The monoisotopic (exact) mass is 296 g/mol. The van der Waals surface area contributed by atoms with Crippen molar-refractivity contribution in [1.29, 1.82) is 0 Å². The molecule has 21 heavy (non-hydrogen) atoms. The van der Waals surface area contributed by atoms with E-state index in [4.69, 9.17) is 0 Å². The van der Waals surface area contributed by atoms with E-state index in [0.717, 1.165) is 25.4 Å². The van der Waals surface area contributed by atoms with Crippen molar-refractivity contribution in [2.24, 2.45) is 11.3 Å². The summed E-state index contributed by atoms with van der Waals surface area (Å²) in [6.45, 7) is 15.3. The van der Waals surface area contributed by atoms with Crippen molar-refractivity contribution in [2.45, 2.75) is 71.9 Å². The third-order valence-corrected chi connectivity index (χ3v) is 6.21. The molecule has 3 heteroatoms. The van der Waals surface area contributed by atoms with Crippen molar-refractivity contribution in [3.63, 3.8) is 0 Å². The lowest BCUT2D eigenvalue weighted by molar-refractivity contribution is -0.0359. The minimum absolute atomic E-state index is 0.105. The largest absolute Gasteiger partial charge is 0.391 e. The summed E-state index contributed by atoms with van der Waals surface area (Å²) in [6.07, 6.45) is 5.77. The van der Waals surface area contributed by atoms with Crippen molar-refractivity contribution in [3.8, 4) is 0 Å². The Kier molecular flexibility index (Phi) is 6.10. The third-order valence-electron chi connectivity index (χ3n) is 6.21. The molecule has 1 heterocycles. The molecule has 2 aliphatic rings. The van der Waals surface area contributed by atoms with Gasteiger partial charge in [0.2, 0.25) is 0 Å². The Bertz CT molecular complexity index is 310. The summed E-state index contributed by atoms with van der Waals surface area (Å²) in [6, 6.07) is 0.401. The molecule has 1 aliphatic heterocycles. The van der Waals surface area contributed by atoms with Gasteiger partial charge in [0.15, 0.2) is 0 Å². The quantitative estimate of drug-likeness (QED) is 0.845. The summed E-state index contributed by atoms with van der Waals surface area (Å²) in [7, 11) is 0. The molecule has 0 radical (unpaired) electrons. The molecular weight excluding hydrogens is 260 g/mol. The first-order valence-electron chi connectivity index (χ1n) is 9.12. The molecule has 3 nitrogen and oxygen atoms in total. The van der Waals surface area contributed by atoms with Crippen molar-refractivity contribution in [3.05, 3.63) is 0 Å². The van der Waals surface area contributed by atoms with Gasteiger partial charge in [0.1, 0.15) is 0 Å². The molecule has 0 aromatic rings. The Labute approximate surface area is 131 Å². The lowest BCUT2D eigenvalue weighted by Crippen LogP contribution is -2.56. The molecule has 3 atom stereocenters. The molecule has 0 spiro atoms. The fourth-order valence-electron chi connectivity index (χ4n) is 4.16. The molecule has 0 amide bonds. The third kappa shape index (κ3) is 4.20. The Morgan fingerprint density at radius 3 is 2.29 bits per heavy atom. The van der Waals surface area contributed by atoms with Gasteiger partial charge in [-0.15, -0.1) is 0 Å². The van der Waals surface area contributed by atoms with E-state index in [1.807, 2.05) is 0 Å². The van der Waals surface area contributed by atoms with Crippen LogP contribution in [0.3, 0.4) is 0 Å². The first-order valence-corrected chi connectivity index (χ1v) is 9.12. The Morgan fingerprint density at radius 2 is 1.71 bits per heavy atom. The van der Waals surface area contributed by atoms with E-state index >= 15 is 0 Å².